The monoisotopic (exact) mass is 467 g/mol. The van der Waals surface area contributed by atoms with Gasteiger partial charge in [-0.1, -0.05) is 39.3 Å². The van der Waals surface area contributed by atoms with Gasteiger partial charge in [0, 0.05) is 6.07 Å². The normalized spacial score (nSPS) is 40.1. The van der Waals surface area contributed by atoms with E-state index in [0.29, 0.717) is 29.1 Å². The van der Waals surface area contributed by atoms with Gasteiger partial charge in [0.15, 0.2) is 0 Å². The number of nitrogens with two attached hydrogens (primary N) is 1. The van der Waals surface area contributed by atoms with Gasteiger partial charge in [0.2, 0.25) is 0 Å². The fourth-order valence-corrected chi connectivity index (χ4v) is 8.24. The van der Waals surface area contributed by atoms with Crippen molar-refractivity contribution < 1.29 is 13.9 Å². The van der Waals surface area contributed by atoms with Crippen LogP contribution in [0.2, 0.25) is 0 Å². The van der Waals surface area contributed by atoms with E-state index in [9.17, 15) is 9.59 Å². The van der Waals surface area contributed by atoms with Gasteiger partial charge < -0.3 is 14.9 Å². The summed E-state index contributed by atoms with van der Waals surface area (Å²) in [5.74, 6) is 2.23. The molecule has 1 aromatic rings. The van der Waals surface area contributed by atoms with Crippen LogP contribution < -0.4 is 11.4 Å². The van der Waals surface area contributed by atoms with Crippen molar-refractivity contribution in [3.63, 3.8) is 0 Å². The minimum Gasteiger partial charge on any atom is -0.461 e. The molecule has 0 saturated heterocycles. The molecule has 3 fully saturated rings. The molecule has 3 saturated carbocycles. The van der Waals surface area contributed by atoms with Crippen molar-refractivity contribution in [3.8, 4) is 0 Å². The molecular formula is C29H41NO4. The SMILES string of the molecule is CC(C)[C@@H](N)C(=O)O[C@H]1CC[C@@]2(C)[C@H](CC[C@H]3C4=CC[C@H](c5ccc(=O)oc5)[C@@]4(C)CC[C@@H]32)C1. The first-order chi connectivity index (χ1) is 16.1. The highest BCUT2D eigenvalue weighted by Gasteiger charge is 2.58. The molecule has 4 aliphatic carbocycles. The Morgan fingerprint density at radius 2 is 1.94 bits per heavy atom. The number of esters is 1. The number of fused-ring (bicyclic) bond motifs is 5. The zero-order chi connectivity index (χ0) is 24.3. The van der Waals surface area contributed by atoms with E-state index in [1.54, 1.807) is 17.9 Å². The average Bonchev–Trinajstić information content (AvgIpc) is 3.16. The molecule has 0 amide bonds. The summed E-state index contributed by atoms with van der Waals surface area (Å²) in [7, 11) is 0. The lowest BCUT2D eigenvalue weighted by Gasteiger charge is -2.59. The quantitative estimate of drug-likeness (QED) is 0.462. The first-order valence-electron chi connectivity index (χ1n) is 13.4. The second-order valence-electron chi connectivity index (χ2n) is 12.4. The predicted molar refractivity (Wildman–Crippen MR) is 132 cm³/mol. The summed E-state index contributed by atoms with van der Waals surface area (Å²) in [4.78, 5) is 24.0. The Bertz CT molecular complexity index is 1010. The highest BCUT2D eigenvalue weighted by molar-refractivity contribution is 5.75. The van der Waals surface area contributed by atoms with Crippen molar-refractivity contribution in [1.29, 1.82) is 0 Å². The molecule has 0 aliphatic heterocycles. The Kier molecular flexibility index (Phi) is 6.07. The number of carbonyl (C=O) groups is 1. The highest BCUT2D eigenvalue weighted by atomic mass is 16.5. The van der Waals surface area contributed by atoms with Crippen LogP contribution in [0.1, 0.15) is 90.5 Å². The molecule has 5 rings (SSSR count). The summed E-state index contributed by atoms with van der Waals surface area (Å²) >= 11 is 0. The Morgan fingerprint density at radius 1 is 1.15 bits per heavy atom. The first-order valence-corrected chi connectivity index (χ1v) is 13.4. The van der Waals surface area contributed by atoms with Crippen LogP contribution in [0.5, 0.6) is 0 Å². The number of hydrogen-bond acceptors (Lipinski definition) is 5. The third-order valence-electron chi connectivity index (χ3n) is 10.4. The molecule has 8 atom stereocenters. The van der Waals surface area contributed by atoms with Crippen molar-refractivity contribution in [2.45, 2.75) is 97.1 Å². The Balaban J connectivity index is 1.30. The maximum Gasteiger partial charge on any atom is 0.335 e. The van der Waals surface area contributed by atoms with E-state index in [0.717, 1.165) is 31.2 Å². The molecule has 34 heavy (non-hydrogen) atoms. The van der Waals surface area contributed by atoms with Gasteiger partial charge in [-0.05, 0) is 103 Å². The molecule has 0 aromatic carbocycles. The Labute approximate surface area is 203 Å². The zero-order valence-electron chi connectivity index (χ0n) is 21.2. The van der Waals surface area contributed by atoms with Gasteiger partial charge >= 0.3 is 11.6 Å². The second kappa shape index (κ2) is 8.65. The van der Waals surface area contributed by atoms with E-state index in [2.05, 4.69) is 19.9 Å². The summed E-state index contributed by atoms with van der Waals surface area (Å²) in [6.45, 7) is 8.91. The maximum atomic E-state index is 12.5. The molecule has 1 heterocycles. The molecule has 0 spiro atoms. The van der Waals surface area contributed by atoms with E-state index in [4.69, 9.17) is 14.9 Å². The molecule has 0 radical (unpaired) electrons. The molecule has 186 valence electrons. The van der Waals surface area contributed by atoms with Gasteiger partial charge in [-0.25, -0.2) is 4.79 Å². The second-order valence-corrected chi connectivity index (χ2v) is 12.4. The molecular weight excluding hydrogens is 426 g/mol. The van der Waals surface area contributed by atoms with E-state index >= 15 is 0 Å². The number of hydrogen-bond donors (Lipinski definition) is 1. The molecule has 2 N–H and O–H groups in total. The predicted octanol–water partition coefficient (Wildman–Crippen LogP) is 5.58. The molecule has 5 nitrogen and oxygen atoms in total. The lowest BCUT2D eigenvalue weighted by atomic mass is 9.46. The van der Waals surface area contributed by atoms with Crippen molar-refractivity contribution in [2.75, 3.05) is 0 Å². The van der Waals surface area contributed by atoms with E-state index < -0.39 is 6.04 Å². The van der Waals surface area contributed by atoms with Gasteiger partial charge in [0.25, 0.3) is 0 Å². The van der Waals surface area contributed by atoms with Gasteiger partial charge in [-0.15, -0.1) is 0 Å². The Hall–Kier alpha value is -1.88. The topological polar surface area (TPSA) is 82.5 Å². The number of ether oxygens (including phenoxy) is 1. The maximum absolute atomic E-state index is 12.5. The van der Waals surface area contributed by atoms with Crippen LogP contribution in [0, 0.1) is 34.5 Å². The standard InChI is InChI=1S/C29H41NO4/c1-17(2)26(30)27(32)34-20-11-13-28(3)19(15-20)6-7-21-23-9-8-22(18-5-10-25(31)33-16-18)29(23,4)14-12-24(21)28/h5,9-10,16-17,19-22,24,26H,6-8,11-15,30H2,1-4H3/t19-,20+,21+,22-,24+,26-,28+,29-/m1/s1. The van der Waals surface area contributed by atoms with Crippen LogP contribution in [0.3, 0.4) is 0 Å². The molecule has 0 unspecified atom stereocenters. The largest absolute Gasteiger partial charge is 0.461 e. The molecule has 5 heteroatoms. The third kappa shape index (κ3) is 3.79. The van der Waals surface area contributed by atoms with Crippen molar-refractivity contribution >= 4 is 5.97 Å². The van der Waals surface area contributed by atoms with Gasteiger partial charge in [-0.3, -0.25) is 4.79 Å². The summed E-state index contributed by atoms with van der Waals surface area (Å²) in [5.41, 5.74) is 9.06. The summed E-state index contributed by atoms with van der Waals surface area (Å²) < 4.78 is 11.1. The fraction of sp³-hybridized carbons (Fsp3) is 0.724. The van der Waals surface area contributed by atoms with Crippen LogP contribution in [0.15, 0.2) is 39.3 Å². The van der Waals surface area contributed by atoms with Gasteiger partial charge in [0.1, 0.15) is 12.1 Å². The van der Waals surface area contributed by atoms with Crippen LogP contribution in [0.25, 0.3) is 0 Å². The average molecular weight is 468 g/mol. The van der Waals surface area contributed by atoms with Gasteiger partial charge in [-0.2, -0.15) is 0 Å². The summed E-state index contributed by atoms with van der Waals surface area (Å²) in [6.07, 6.45) is 13.2. The number of carbonyl (C=O) groups excluding carboxylic acids is 1. The number of allylic oxidation sites excluding steroid dienone is 2. The van der Waals surface area contributed by atoms with Gasteiger partial charge in [0.05, 0.1) is 6.26 Å². The third-order valence-corrected chi connectivity index (χ3v) is 10.4. The van der Waals surface area contributed by atoms with E-state index in [-0.39, 0.29) is 29.0 Å². The fourth-order valence-electron chi connectivity index (χ4n) is 8.24. The minimum atomic E-state index is -0.528. The molecule has 1 aromatic heterocycles. The number of rotatable bonds is 4. The van der Waals surface area contributed by atoms with Crippen LogP contribution in [-0.2, 0) is 9.53 Å². The van der Waals surface area contributed by atoms with Crippen LogP contribution in [0.4, 0.5) is 0 Å². The lowest BCUT2D eigenvalue weighted by Crippen LogP contribution is -2.52. The van der Waals surface area contributed by atoms with E-state index in [1.807, 2.05) is 19.9 Å². The lowest BCUT2D eigenvalue weighted by molar-refractivity contribution is -0.160. The van der Waals surface area contributed by atoms with Crippen LogP contribution in [-0.4, -0.2) is 18.1 Å². The van der Waals surface area contributed by atoms with Crippen LogP contribution >= 0.6 is 0 Å². The summed E-state index contributed by atoms with van der Waals surface area (Å²) in [6, 6.07) is 3.00. The Morgan fingerprint density at radius 3 is 2.65 bits per heavy atom. The zero-order valence-corrected chi connectivity index (χ0v) is 21.2. The summed E-state index contributed by atoms with van der Waals surface area (Å²) in [5, 5.41) is 0. The molecule has 4 aliphatic rings. The van der Waals surface area contributed by atoms with Crippen molar-refractivity contribution in [1.82, 2.24) is 0 Å². The van der Waals surface area contributed by atoms with Crippen molar-refractivity contribution in [2.24, 2.45) is 40.2 Å². The van der Waals surface area contributed by atoms with Crippen molar-refractivity contribution in [3.05, 3.63) is 46.0 Å². The smallest absolute Gasteiger partial charge is 0.335 e. The van der Waals surface area contributed by atoms with E-state index in [1.165, 1.54) is 25.7 Å². The minimum absolute atomic E-state index is 0.0172. The highest BCUT2D eigenvalue weighted by Crippen LogP contribution is 2.67. The molecule has 0 bridgehead atoms. The first kappa shape index (κ1) is 23.8.